The van der Waals surface area contributed by atoms with Gasteiger partial charge in [0.2, 0.25) is 0 Å². The Morgan fingerprint density at radius 3 is 2.48 bits per heavy atom. The molecule has 6 heteroatoms. The number of hydrogen-bond acceptors (Lipinski definition) is 4. The van der Waals surface area contributed by atoms with Crippen LogP contribution in [-0.4, -0.2) is 18.5 Å². The molecule has 0 fully saturated rings. The molecule has 0 aliphatic rings. The number of nitrogens with zero attached hydrogens (tertiary/aromatic N) is 1. The van der Waals surface area contributed by atoms with Crippen molar-refractivity contribution in [1.29, 1.82) is 0 Å². The molecular formula is C15H12N2O3S. The van der Waals surface area contributed by atoms with Crippen LogP contribution in [0.1, 0.15) is 0 Å². The van der Waals surface area contributed by atoms with Gasteiger partial charge in [-0.05, 0) is 36.4 Å². The van der Waals surface area contributed by atoms with Crippen molar-refractivity contribution < 1.29 is 13.5 Å². The molecular weight excluding hydrogens is 288 g/mol. The first-order valence-corrected chi connectivity index (χ1v) is 7.71. The Kier molecular flexibility index (Phi) is 3.23. The fourth-order valence-electron chi connectivity index (χ4n) is 2.08. The fraction of sp³-hybridized carbons (Fsp3) is 0. The first-order valence-electron chi connectivity index (χ1n) is 6.22. The summed E-state index contributed by atoms with van der Waals surface area (Å²) in [7, 11) is -3.76. The van der Waals surface area contributed by atoms with Crippen molar-refractivity contribution in [3.63, 3.8) is 0 Å². The molecule has 5 nitrogen and oxygen atoms in total. The Morgan fingerprint density at radius 1 is 0.952 bits per heavy atom. The maximum absolute atomic E-state index is 12.5. The van der Waals surface area contributed by atoms with Crippen molar-refractivity contribution in [3.8, 4) is 5.75 Å². The maximum Gasteiger partial charge on any atom is 0.262 e. The molecule has 2 N–H and O–H groups in total. The minimum Gasteiger partial charge on any atom is -0.506 e. The zero-order chi connectivity index (χ0) is 14.9. The van der Waals surface area contributed by atoms with Gasteiger partial charge in [0.1, 0.15) is 11.3 Å². The topological polar surface area (TPSA) is 79.3 Å². The van der Waals surface area contributed by atoms with Gasteiger partial charge in [-0.2, -0.15) is 0 Å². The number of phenols is 1. The van der Waals surface area contributed by atoms with Crippen LogP contribution in [-0.2, 0) is 10.0 Å². The van der Waals surface area contributed by atoms with Gasteiger partial charge in [0.05, 0.1) is 4.90 Å². The van der Waals surface area contributed by atoms with E-state index in [0.717, 1.165) is 0 Å². The van der Waals surface area contributed by atoms with Crippen molar-refractivity contribution in [2.75, 3.05) is 4.72 Å². The Balaban J connectivity index is 2.14. The molecule has 0 saturated carbocycles. The van der Waals surface area contributed by atoms with Crippen LogP contribution in [0.5, 0.6) is 5.75 Å². The summed E-state index contributed by atoms with van der Waals surface area (Å²) in [6.45, 7) is 0. The van der Waals surface area contributed by atoms with E-state index in [-0.39, 0.29) is 16.2 Å². The van der Waals surface area contributed by atoms with E-state index in [1.807, 2.05) is 0 Å². The predicted octanol–water partition coefficient (Wildman–Crippen LogP) is 2.74. The highest BCUT2D eigenvalue weighted by Crippen LogP contribution is 2.29. The largest absolute Gasteiger partial charge is 0.506 e. The van der Waals surface area contributed by atoms with Gasteiger partial charge in [0, 0.05) is 17.3 Å². The number of pyridine rings is 1. The van der Waals surface area contributed by atoms with Gasteiger partial charge in [0.15, 0.2) is 0 Å². The van der Waals surface area contributed by atoms with Crippen LogP contribution in [0.3, 0.4) is 0 Å². The van der Waals surface area contributed by atoms with Gasteiger partial charge in [-0.25, -0.2) is 8.42 Å². The minimum absolute atomic E-state index is 0.0516. The normalized spacial score (nSPS) is 11.4. The molecule has 0 bridgehead atoms. The molecule has 21 heavy (non-hydrogen) atoms. The van der Waals surface area contributed by atoms with Gasteiger partial charge >= 0.3 is 0 Å². The van der Waals surface area contributed by atoms with Crippen LogP contribution in [0, 0.1) is 0 Å². The van der Waals surface area contributed by atoms with E-state index < -0.39 is 10.0 Å². The third-order valence-electron chi connectivity index (χ3n) is 3.02. The second kappa shape index (κ2) is 5.06. The van der Waals surface area contributed by atoms with Gasteiger partial charge in [-0.15, -0.1) is 0 Å². The zero-order valence-electron chi connectivity index (χ0n) is 10.9. The third-order valence-corrected chi connectivity index (χ3v) is 4.46. The molecule has 0 radical (unpaired) electrons. The quantitative estimate of drug-likeness (QED) is 0.779. The molecule has 1 aromatic heterocycles. The van der Waals surface area contributed by atoms with E-state index >= 15 is 0 Å². The molecule has 3 aromatic rings. The molecule has 0 amide bonds. The predicted molar refractivity (Wildman–Crippen MR) is 80.7 cm³/mol. The highest BCUT2D eigenvalue weighted by atomic mass is 32.2. The van der Waals surface area contributed by atoms with Crippen molar-refractivity contribution in [2.24, 2.45) is 0 Å². The van der Waals surface area contributed by atoms with Crippen molar-refractivity contribution in [2.45, 2.75) is 4.90 Å². The number of aromatic nitrogens is 1. The zero-order valence-corrected chi connectivity index (χ0v) is 11.7. The molecule has 1 heterocycles. The summed E-state index contributed by atoms with van der Waals surface area (Å²) in [5.41, 5.74) is 0.732. The molecule has 0 aliphatic heterocycles. The highest BCUT2D eigenvalue weighted by molar-refractivity contribution is 7.93. The Hall–Kier alpha value is -2.60. The molecule has 0 unspecified atom stereocenters. The third kappa shape index (κ3) is 2.53. The van der Waals surface area contributed by atoms with Crippen LogP contribution in [0.4, 0.5) is 5.69 Å². The van der Waals surface area contributed by atoms with Gasteiger partial charge in [0.25, 0.3) is 10.0 Å². The van der Waals surface area contributed by atoms with E-state index in [1.54, 1.807) is 42.5 Å². The Labute approximate surface area is 121 Å². The number of aromatic hydroxyl groups is 1. The molecule has 0 atom stereocenters. The lowest BCUT2D eigenvalue weighted by Crippen LogP contribution is -2.13. The second-order valence-electron chi connectivity index (χ2n) is 4.45. The SMILES string of the molecule is O=S(=O)(Nc1ccccc1)c1ccc(O)c2ncccc12. The lowest BCUT2D eigenvalue weighted by Gasteiger charge is -2.10. The number of hydrogen-bond donors (Lipinski definition) is 2. The number of phenolic OH excluding ortho intramolecular Hbond substituents is 1. The number of benzene rings is 2. The molecule has 0 aliphatic carbocycles. The summed E-state index contributed by atoms with van der Waals surface area (Å²) in [5.74, 6) is -0.0516. The molecule has 0 saturated heterocycles. The van der Waals surface area contributed by atoms with Crippen LogP contribution in [0.25, 0.3) is 10.9 Å². The number of para-hydroxylation sites is 1. The average molecular weight is 300 g/mol. The van der Waals surface area contributed by atoms with Gasteiger partial charge < -0.3 is 5.11 Å². The Morgan fingerprint density at radius 2 is 1.71 bits per heavy atom. The van der Waals surface area contributed by atoms with Gasteiger partial charge in [-0.3, -0.25) is 9.71 Å². The summed E-state index contributed by atoms with van der Waals surface area (Å²) in [6, 6.07) is 14.6. The summed E-state index contributed by atoms with van der Waals surface area (Å²) < 4.78 is 27.5. The summed E-state index contributed by atoms with van der Waals surface area (Å²) in [5, 5.41) is 10.1. The van der Waals surface area contributed by atoms with Crippen molar-refractivity contribution in [3.05, 3.63) is 60.8 Å². The number of anilines is 1. The lowest BCUT2D eigenvalue weighted by molar-refractivity contribution is 0.480. The van der Waals surface area contributed by atoms with Crippen LogP contribution >= 0.6 is 0 Å². The number of rotatable bonds is 3. The molecule has 0 spiro atoms. The number of sulfonamides is 1. The smallest absolute Gasteiger partial charge is 0.262 e. The maximum atomic E-state index is 12.5. The number of nitrogens with one attached hydrogen (secondary N) is 1. The second-order valence-corrected chi connectivity index (χ2v) is 6.10. The van der Waals surface area contributed by atoms with Crippen molar-refractivity contribution >= 4 is 26.6 Å². The van der Waals surface area contributed by atoms with E-state index in [9.17, 15) is 13.5 Å². The lowest BCUT2D eigenvalue weighted by atomic mass is 10.2. The minimum atomic E-state index is -3.76. The molecule has 106 valence electrons. The standard InChI is InChI=1S/C15H12N2O3S/c18-13-8-9-14(12-7-4-10-16-15(12)13)21(19,20)17-11-5-2-1-3-6-11/h1-10,17-18H. The first kappa shape index (κ1) is 13.4. The van der Waals surface area contributed by atoms with E-state index in [0.29, 0.717) is 11.1 Å². The fourth-order valence-corrected chi connectivity index (χ4v) is 3.34. The number of fused-ring (bicyclic) bond motifs is 1. The summed E-state index contributed by atoms with van der Waals surface area (Å²) in [4.78, 5) is 4.10. The summed E-state index contributed by atoms with van der Waals surface area (Å²) >= 11 is 0. The van der Waals surface area contributed by atoms with Gasteiger partial charge in [-0.1, -0.05) is 18.2 Å². The monoisotopic (exact) mass is 300 g/mol. The van der Waals surface area contributed by atoms with Crippen LogP contribution < -0.4 is 4.72 Å². The highest BCUT2D eigenvalue weighted by Gasteiger charge is 2.19. The van der Waals surface area contributed by atoms with Crippen molar-refractivity contribution in [1.82, 2.24) is 4.98 Å². The van der Waals surface area contributed by atoms with E-state index in [4.69, 9.17) is 0 Å². The van der Waals surface area contributed by atoms with E-state index in [2.05, 4.69) is 9.71 Å². The first-order chi connectivity index (χ1) is 10.1. The Bertz CT molecular complexity index is 893. The molecule has 3 rings (SSSR count). The molecule has 2 aromatic carbocycles. The van der Waals surface area contributed by atoms with Crippen LogP contribution in [0.15, 0.2) is 65.7 Å². The van der Waals surface area contributed by atoms with E-state index in [1.165, 1.54) is 18.3 Å². The summed E-state index contributed by atoms with van der Waals surface area (Å²) in [6.07, 6.45) is 1.50. The van der Waals surface area contributed by atoms with Crippen LogP contribution in [0.2, 0.25) is 0 Å². The average Bonchev–Trinajstić information content (AvgIpc) is 2.48.